The average Bonchev–Trinajstić information content (AvgIpc) is 2.55. The van der Waals surface area contributed by atoms with E-state index in [9.17, 15) is 9.18 Å². The summed E-state index contributed by atoms with van der Waals surface area (Å²) in [5, 5.41) is 0. The number of hydrogen-bond acceptors (Lipinski definition) is 2. The number of benzene rings is 1. The number of hydrogen-bond donors (Lipinski definition) is 0. The lowest BCUT2D eigenvalue weighted by Gasteiger charge is -2.23. The van der Waals surface area contributed by atoms with Crippen LogP contribution < -0.4 is 4.90 Å². The Morgan fingerprint density at radius 3 is 2.87 bits per heavy atom. The van der Waals surface area contributed by atoms with Crippen molar-refractivity contribution in [1.29, 1.82) is 0 Å². The molecular weight excluding hydrogens is 193 g/mol. The van der Waals surface area contributed by atoms with Gasteiger partial charge in [-0.2, -0.15) is 0 Å². The summed E-state index contributed by atoms with van der Waals surface area (Å²) >= 11 is 0. The molecule has 1 atom stereocenters. The Kier molecular flexibility index (Phi) is 2.47. The number of carbonyl (C=O) groups excluding carboxylic acids is 1. The highest BCUT2D eigenvalue weighted by Crippen LogP contribution is 2.36. The van der Waals surface area contributed by atoms with Crippen LogP contribution in [0.2, 0.25) is 0 Å². The van der Waals surface area contributed by atoms with Crippen LogP contribution in [0.5, 0.6) is 0 Å². The number of halogens is 1. The fourth-order valence-electron chi connectivity index (χ4n) is 2.10. The molecule has 1 aliphatic heterocycles. The van der Waals surface area contributed by atoms with Gasteiger partial charge in [-0.3, -0.25) is 0 Å². The minimum absolute atomic E-state index is 0.182. The van der Waals surface area contributed by atoms with Crippen LogP contribution in [0.3, 0.4) is 0 Å². The second-order valence-corrected chi connectivity index (χ2v) is 4.19. The van der Waals surface area contributed by atoms with E-state index in [1.165, 1.54) is 12.1 Å². The zero-order valence-corrected chi connectivity index (χ0v) is 8.90. The van der Waals surface area contributed by atoms with Gasteiger partial charge in [0.05, 0.1) is 5.92 Å². The molecular formula is C12H14FNO. The first-order valence-electron chi connectivity index (χ1n) is 5.15. The lowest BCUT2D eigenvalue weighted by Crippen LogP contribution is -2.29. The Morgan fingerprint density at radius 1 is 1.53 bits per heavy atom. The van der Waals surface area contributed by atoms with Gasteiger partial charge in [0.25, 0.3) is 0 Å². The van der Waals surface area contributed by atoms with Gasteiger partial charge in [-0.15, -0.1) is 0 Å². The van der Waals surface area contributed by atoms with Crippen LogP contribution in [0.4, 0.5) is 10.1 Å². The molecule has 2 rings (SSSR count). The summed E-state index contributed by atoms with van der Waals surface area (Å²) in [4.78, 5) is 13.0. The molecule has 1 aromatic carbocycles. The third kappa shape index (κ3) is 1.62. The molecule has 0 spiro atoms. The third-order valence-electron chi connectivity index (χ3n) is 2.88. The van der Waals surface area contributed by atoms with Crippen LogP contribution in [-0.2, 0) is 4.79 Å². The molecule has 0 aromatic heterocycles. The summed E-state index contributed by atoms with van der Waals surface area (Å²) in [6, 6.07) is 5.01. The highest BCUT2D eigenvalue weighted by molar-refractivity contribution is 5.74. The van der Waals surface area contributed by atoms with E-state index in [4.69, 9.17) is 0 Å². The van der Waals surface area contributed by atoms with Crippen molar-refractivity contribution in [1.82, 2.24) is 0 Å². The van der Waals surface area contributed by atoms with Gasteiger partial charge in [-0.25, -0.2) is 4.39 Å². The summed E-state index contributed by atoms with van der Waals surface area (Å²) in [6.07, 6.45) is 0.903. The van der Waals surface area contributed by atoms with Gasteiger partial charge in [0.1, 0.15) is 12.1 Å². The molecule has 1 heterocycles. The van der Waals surface area contributed by atoms with Gasteiger partial charge in [0, 0.05) is 18.3 Å². The quantitative estimate of drug-likeness (QED) is 0.694. The van der Waals surface area contributed by atoms with Gasteiger partial charge in [-0.1, -0.05) is 0 Å². The third-order valence-corrected chi connectivity index (χ3v) is 2.88. The predicted molar refractivity (Wildman–Crippen MR) is 57.7 cm³/mol. The SMILES string of the molecule is CC(C)N1CC(C=O)c2cc(F)ccc21. The molecule has 1 unspecified atom stereocenters. The van der Waals surface area contributed by atoms with Crippen LogP contribution in [0.25, 0.3) is 0 Å². The lowest BCUT2D eigenvalue weighted by atomic mass is 10.0. The highest BCUT2D eigenvalue weighted by Gasteiger charge is 2.29. The van der Waals surface area contributed by atoms with Gasteiger partial charge in [0.2, 0.25) is 0 Å². The minimum Gasteiger partial charge on any atom is -0.368 e. The van der Waals surface area contributed by atoms with Crippen molar-refractivity contribution in [3.63, 3.8) is 0 Å². The summed E-state index contributed by atoms with van der Waals surface area (Å²) in [7, 11) is 0. The minimum atomic E-state index is -0.272. The molecule has 0 aliphatic carbocycles. The Labute approximate surface area is 88.7 Å². The number of aldehydes is 1. The monoisotopic (exact) mass is 207 g/mol. The van der Waals surface area contributed by atoms with E-state index in [2.05, 4.69) is 18.7 Å². The molecule has 0 amide bonds. The Morgan fingerprint density at radius 2 is 2.27 bits per heavy atom. The summed E-state index contributed by atoms with van der Waals surface area (Å²) < 4.78 is 13.1. The molecule has 2 nitrogen and oxygen atoms in total. The summed E-state index contributed by atoms with van der Waals surface area (Å²) in [6.45, 7) is 4.81. The summed E-state index contributed by atoms with van der Waals surface area (Å²) in [5.74, 6) is -0.454. The maximum Gasteiger partial charge on any atom is 0.129 e. The van der Waals surface area contributed by atoms with Crippen molar-refractivity contribution in [3.05, 3.63) is 29.6 Å². The average molecular weight is 207 g/mol. The molecule has 0 saturated heterocycles. The van der Waals surface area contributed by atoms with E-state index in [1.807, 2.05) is 0 Å². The van der Waals surface area contributed by atoms with Gasteiger partial charge < -0.3 is 9.69 Å². The van der Waals surface area contributed by atoms with Gasteiger partial charge >= 0.3 is 0 Å². The molecule has 3 heteroatoms. The lowest BCUT2D eigenvalue weighted by molar-refractivity contribution is -0.108. The van der Waals surface area contributed by atoms with E-state index in [0.29, 0.717) is 12.6 Å². The van der Waals surface area contributed by atoms with Crippen molar-refractivity contribution in [2.75, 3.05) is 11.4 Å². The van der Waals surface area contributed by atoms with Gasteiger partial charge in [0.15, 0.2) is 0 Å². The van der Waals surface area contributed by atoms with E-state index >= 15 is 0 Å². The Balaban J connectivity index is 2.47. The first-order chi connectivity index (χ1) is 7.13. The molecule has 1 aliphatic rings. The van der Waals surface area contributed by atoms with Crippen molar-refractivity contribution in [2.45, 2.75) is 25.8 Å². The Bertz CT molecular complexity index is 389. The molecule has 1 aromatic rings. The molecule has 0 radical (unpaired) electrons. The molecule has 0 bridgehead atoms. The van der Waals surface area contributed by atoms with Crippen molar-refractivity contribution >= 4 is 12.0 Å². The maximum absolute atomic E-state index is 13.1. The zero-order chi connectivity index (χ0) is 11.0. The molecule has 0 fully saturated rings. The van der Waals surface area contributed by atoms with E-state index in [-0.39, 0.29) is 11.7 Å². The smallest absolute Gasteiger partial charge is 0.129 e. The van der Waals surface area contributed by atoms with E-state index in [1.54, 1.807) is 6.07 Å². The number of rotatable bonds is 2. The highest BCUT2D eigenvalue weighted by atomic mass is 19.1. The first kappa shape index (κ1) is 10.1. The van der Waals surface area contributed by atoms with Crippen LogP contribution in [0, 0.1) is 5.82 Å². The maximum atomic E-state index is 13.1. The fourth-order valence-corrected chi connectivity index (χ4v) is 2.10. The van der Waals surface area contributed by atoms with E-state index in [0.717, 1.165) is 17.5 Å². The van der Waals surface area contributed by atoms with Crippen LogP contribution in [-0.4, -0.2) is 18.9 Å². The number of fused-ring (bicyclic) bond motifs is 1. The van der Waals surface area contributed by atoms with Crippen LogP contribution in [0.1, 0.15) is 25.3 Å². The molecule has 80 valence electrons. The summed E-state index contributed by atoms with van der Waals surface area (Å²) in [5.41, 5.74) is 1.81. The molecule has 0 saturated carbocycles. The second-order valence-electron chi connectivity index (χ2n) is 4.19. The van der Waals surface area contributed by atoms with Crippen LogP contribution in [0.15, 0.2) is 18.2 Å². The van der Waals surface area contributed by atoms with Crippen molar-refractivity contribution < 1.29 is 9.18 Å². The Hall–Kier alpha value is -1.38. The van der Waals surface area contributed by atoms with E-state index < -0.39 is 0 Å². The molecule has 0 N–H and O–H groups in total. The number of nitrogens with zero attached hydrogens (tertiary/aromatic N) is 1. The molecule has 15 heavy (non-hydrogen) atoms. The zero-order valence-electron chi connectivity index (χ0n) is 8.90. The topological polar surface area (TPSA) is 20.3 Å². The number of carbonyl (C=O) groups is 1. The van der Waals surface area contributed by atoms with Crippen molar-refractivity contribution in [2.24, 2.45) is 0 Å². The number of anilines is 1. The van der Waals surface area contributed by atoms with Crippen LogP contribution >= 0.6 is 0 Å². The first-order valence-corrected chi connectivity index (χ1v) is 5.15. The normalized spacial score (nSPS) is 19.5. The van der Waals surface area contributed by atoms with Crippen molar-refractivity contribution in [3.8, 4) is 0 Å². The standard InChI is InChI=1S/C12H14FNO/c1-8(2)14-6-9(7-15)11-5-10(13)3-4-12(11)14/h3-5,7-9H,6H2,1-2H3. The van der Waals surface area contributed by atoms with Gasteiger partial charge in [-0.05, 0) is 37.6 Å². The predicted octanol–water partition coefficient (Wildman–Crippen LogP) is 2.34. The largest absolute Gasteiger partial charge is 0.368 e. The fraction of sp³-hybridized carbons (Fsp3) is 0.417. The second kappa shape index (κ2) is 3.65.